The minimum absolute atomic E-state index is 0. The fraction of sp³-hybridized carbons (Fsp3) is 0.191. The van der Waals surface area contributed by atoms with E-state index in [0.29, 0.717) is 72.2 Å². The van der Waals surface area contributed by atoms with Crippen molar-refractivity contribution in [3.8, 4) is 102 Å². The van der Waals surface area contributed by atoms with E-state index in [0.717, 1.165) is 67.5 Å². The predicted molar refractivity (Wildman–Crippen MR) is 444 cm³/mol. The fourth-order valence-electron chi connectivity index (χ4n) is 9.23. The Balaban J connectivity index is 0.000000258. The molecule has 6 aromatic carbocycles. The third-order valence-corrected chi connectivity index (χ3v) is 15.8. The number of hydrogen-bond acceptors (Lipinski definition) is 22. The molecule has 618 valence electrons. The van der Waals surface area contributed by atoms with Gasteiger partial charge in [0.25, 0.3) is 0 Å². The molecule has 0 fully saturated rings. The number of carbonyl (C=O) groups is 8. The Labute approximate surface area is 725 Å². The van der Waals surface area contributed by atoms with Crippen LogP contribution in [0.2, 0.25) is 0 Å². The largest absolute Gasteiger partial charge is 3.00 e. The zero-order chi connectivity index (χ0) is 84.7. The summed E-state index contributed by atoms with van der Waals surface area (Å²) in [6.45, 7) is 18.1. The van der Waals surface area contributed by atoms with Crippen molar-refractivity contribution in [3.63, 3.8) is 0 Å². The van der Waals surface area contributed by atoms with E-state index < -0.39 is 23.6 Å². The molecule has 0 spiro atoms. The van der Waals surface area contributed by atoms with E-state index in [1.165, 1.54) is 0 Å². The summed E-state index contributed by atoms with van der Waals surface area (Å²) in [7, 11) is 0. The first kappa shape index (κ1) is 97.2. The summed E-state index contributed by atoms with van der Waals surface area (Å²) in [6, 6.07) is 82.7. The first-order valence-electron chi connectivity index (χ1n) is 37.5. The second-order valence-corrected chi connectivity index (χ2v) is 25.2. The predicted octanol–water partition coefficient (Wildman–Crippen LogP) is 17.8. The third-order valence-electron chi connectivity index (χ3n) is 15.8. The van der Waals surface area contributed by atoms with Gasteiger partial charge in [-0.15, -0.1) is 179 Å². The van der Waals surface area contributed by atoms with Crippen LogP contribution in [0.4, 0.5) is 9.59 Å². The number of benzene rings is 6. The summed E-state index contributed by atoms with van der Waals surface area (Å²) in [5.74, 6) is 1.08. The van der Waals surface area contributed by atoms with Gasteiger partial charge < -0.3 is 78.4 Å². The van der Waals surface area contributed by atoms with Gasteiger partial charge in [0.15, 0.2) is 0 Å². The zero-order valence-corrected chi connectivity index (χ0v) is 72.0. The molecule has 6 aromatic heterocycles. The number of esters is 6. The number of hydrogen-bond donors (Lipinski definition) is 2. The van der Waals surface area contributed by atoms with Gasteiger partial charge in [0, 0.05) is 68.4 Å². The maximum absolute atomic E-state index is 11.9. The van der Waals surface area contributed by atoms with E-state index in [1.807, 2.05) is 130 Å². The fourth-order valence-corrected chi connectivity index (χ4v) is 9.23. The number of ether oxygens (including phenoxy) is 8. The molecule has 26 heteroatoms. The first-order valence-corrected chi connectivity index (χ1v) is 37.5. The molecule has 24 nitrogen and oxygen atoms in total. The molecule has 0 aliphatic carbocycles. The van der Waals surface area contributed by atoms with Gasteiger partial charge in [0.05, 0.1) is 53.0 Å². The molecule has 0 saturated carbocycles. The van der Waals surface area contributed by atoms with Crippen LogP contribution in [0.5, 0.6) is 34.5 Å². The number of pyridine rings is 6. The van der Waals surface area contributed by atoms with Crippen LogP contribution in [0.1, 0.15) is 87.5 Å². The molecule has 0 saturated heterocycles. The number of amides is 2. The van der Waals surface area contributed by atoms with Crippen molar-refractivity contribution in [2.45, 2.75) is 87.5 Å². The van der Waals surface area contributed by atoms with Gasteiger partial charge in [-0.05, 0) is 97.8 Å². The smallest absolute Gasteiger partial charge is 0.463 e. The van der Waals surface area contributed by atoms with Crippen LogP contribution in [0.3, 0.4) is 0 Å². The second kappa shape index (κ2) is 53.8. The van der Waals surface area contributed by atoms with Crippen LogP contribution in [0.15, 0.2) is 268 Å². The topological polar surface area (TPSA) is 312 Å². The quantitative estimate of drug-likeness (QED) is 0.0176. The van der Waals surface area contributed by atoms with Gasteiger partial charge in [-0.1, -0.05) is 114 Å². The van der Waals surface area contributed by atoms with Crippen molar-refractivity contribution in [2.75, 3.05) is 26.3 Å². The van der Waals surface area contributed by atoms with E-state index in [-0.39, 0.29) is 96.4 Å². The van der Waals surface area contributed by atoms with Crippen molar-refractivity contribution >= 4 is 48.0 Å². The molecule has 0 radical (unpaired) electrons. The molecule has 0 atom stereocenters. The summed E-state index contributed by atoms with van der Waals surface area (Å²) in [5.41, 5.74) is 9.18. The molecule has 2 amide bonds. The van der Waals surface area contributed by atoms with Gasteiger partial charge in [-0.25, -0.2) is 14.4 Å². The monoisotopic (exact) mass is 1970 g/mol. The standard InChI is InChI=1S/C20H23N2O4.C18H17N2O4.4C14H12NO2.2Ir/c1-4-20(2,3)18(23)25-13-12-22-19(24)26-16-9-7-8-15(14-16)17-10-5-6-11-21-17;1-13(2)17(21)23-11-10-20-18(22)24-15-7-5-6-14(12-15)16-8-3-4-9-19-16;4*1-2-14(16)17-12-7-5-6-11(10-12)13-8-3-4-9-15-13;;/h5-7,9-11,14H,4,12-13H2,1-3H3,(H,22,24);3-5,7-9,12H,1,10-11H2,2H3,(H,20,22);4*3-5,7-10H,2H2,1H3;;/q6*-1;2*+3. The van der Waals surface area contributed by atoms with Gasteiger partial charge in [0.1, 0.15) is 13.2 Å². The number of nitrogens with zero attached hydrogens (tertiary/aromatic N) is 6. The summed E-state index contributed by atoms with van der Waals surface area (Å²) < 4.78 is 41.0. The maximum atomic E-state index is 11.9. The molecule has 0 aliphatic heterocycles. The number of nitrogens with one attached hydrogen (secondary N) is 2. The first-order chi connectivity index (χ1) is 57.1. The molecule has 0 bridgehead atoms. The summed E-state index contributed by atoms with van der Waals surface area (Å²) >= 11 is 0. The average molecular weight is 1970 g/mol. The minimum atomic E-state index is -0.639. The molecular weight excluding hydrogens is 1880 g/mol. The molecule has 12 aromatic rings. The third kappa shape index (κ3) is 35.6. The number of aromatic nitrogens is 6. The molecule has 120 heavy (non-hydrogen) atoms. The molecule has 2 N–H and O–H groups in total. The van der Waals surface area contributed by atoms with Crippen LogP contribution in [-0.4, -0.2) is 104 Å². The Morgan fingerprint density at radius 2 is 0.567 bits per heavy atom. The van der Waals surface area contributed by atoms with Gasteiger partial charge in [0.2, 0.25) is 0 Å². The minimum Gasteiger partial charge on any atom is -0.463 e. The van der Waals surface area contributed by atoms with Gasteiger partial charge in [-0.3, -0.25) is 24.0 Å². The number of rotatable bonds is 25. The molecule has 12 rings (SSSR count). The summed E-state index contributed by atoms with van der Waals surface area (Å²) in [4.78, 5) is 117. The summed E-state index contributed by atoms with van der Waals surface area (Å²) in [5, 5.41) is 5.04. The van der Waals surface area contributed by atoms with E-state index in [2.05, 4.69) is 83.5 Å². The van der Waals surface area contributed by atoms with Crippen molar-refractivity contribution in [1.29, 1.82) is 0 Å². The molecule has 6 heterocycles. The SMILES string of the molecule is C=C(C)C(=O)OCCNC(=O)Oc1cc[c-]c(-c2ccccn2)c1.CCC(=O)Oc1cc[c-]c(-c2ccccn2)c1.CCC(=O)Oc1cc[c-]c(-c2ccccn2)c1.CCC(=O)Oc1cc[c-]c(-c2ccccn2)c1.CCC(=O)Oc1cc[c-]c(-c2ccccn2)c1.CCC(C)(C)C(=O)OCCNC(=O)Oc1cc[c-]c(-c2ccccn2)c1.[Ir+3].[Ir+3]. The second-order valence-electron chi connectivity index (χ2n) is 25.2. The van der Waals surface area contributed by atoms with E-state index in [9.17, 15) is 38.4 Å². The normalized spacial score (nSPS) is 9.97. The molecular formula is C94H88Ir2N8O16. The van der Waals surface area contributed by atoms with Crippen LogP contribution in [0, 0.1) is 41.8 Å². The molecule has 0 aliphatic rings. The Hall–Kier alpha value is -13.4. The Morgan fingerprint density at radius 1 is 0.342 bits per heavy atom. The van der Waals surface area contributed by atoms with Crippen molar-refractivity contribution in [2.24, 2.45) is 5.41 Å². The summed E-state index contributed by atoms with van der Waals surface area (Å²) in [6.07, 6.45) is 11.1. The Morgan fingerprint density at radius 3 is 0.767 bits per heavy atom. The van der Waals surface area contributed by atoms with Gasteiger partial charge in [-0.2, -0.15) is 0 Å². The van der Waals surface area contributed by atoms with Crippen molar-refractivity contribution in [1.82, 2.24) is 40.5 Å². The Bertz CT molecular complexity index is 4790. The molecule has 0 unspecified atom stereocenters. The van der Waals surface area contributed by atoms with E-state index >= 15 is 0 Å². The zero-order valence-electron chi connectivity index (χ0n) is 67.2. The average Bonchev–Trinajstić information content (AvgIpc) is 0.883. The van der Waals surface area contributed by atoms with E-state index in [1.54, 1.807) is 181 Å². The van der Waals surface area contributed by atoms with Crippen molar-refractivity contribution in [3.05, 3.63) is 304 Å². The maximum Gasteiger partial charge on any atom is 3.00 e. The van der Waals surface area contributed by atoms with E-state index in [4.69, 9.17) is 37.9 Å². The Kier molecular flexibility index (Phi) is 43.6. The number of carbonyl (C=O) groups excluding carboxylic acids is 8. The van der Waals surface area contributed by atoms with Crippen LogP contribution in [-0.2, 0) is 78.5 Å². The van der Waals surface area contributed by atoms with Gasteiger partial charge >= 0.3 is 88.2 Å². The van der Waals surface area contributed by atoms with Crippen LogP contribution < -0.4 is 39.1 Å². The van der Waals surface area contributed by atoms with Crippen molar-refractivity contribution < 1.29 is 116 Å². The van der Waals surface area contributed by atoms with Crippen LogP contribution >= 0.6 is 0 Å². The van der Waals surface area contributed by atoms with Crippen LogP contribution in [0.25, 0.3) is 67.5 Å².